The van der Waals surface area contributed by atoms with E-state index in [9.17, 15) is 9.59 Å². The number of carbonyl (C=O) groups is 2. The number of amides is 1. The Labute approximate surface area is 136 Å². The molecule has 0 saturated carbocycles. The lowest BCUT2D eigenvalue weighted by Crippen LogP contribution is -2.32. The third-order valence-electron chi connectivity index (χ3n) is 3.01. The molecular weight excluding hydrogens is 296 g/mol. The first-order chi connectivity index (χ1) is 11.1. The monoisotopic (exact) mass is 318 g/mol. The third-order valence-corrected chi connectivity index (χ3v) is 3.01. The standard InChI is InChI=1S/C17H22N2O4/c1-2-12-19(16(20)9-6-10-17(21)22)13-11-18-23-14-15-7-4-3-5-8-15/h2-5,7-8,11H,1,6,9-10,12-14H2,(H,21,22)/b18-11+. The van der Waals surface area contributed by atoms with Gasteiger partial charge in [0.15, 0.2) is 0 Å². The van der Waals surface area contributed by atoms with Crippen molar-refractivity contribution in [2.75, 3.05) is 13.1 Å². The van der Waals surface area contributed by atoms with Crippen LogP contribution in [0, 0.1) is 0 Å². The van der Waals surface area contributed by atoms with Crippen LogP contribution in [-0.2, 0) is 21.0 Å². The predicted molar refractivity (Wildman–Crippen MR) is 88.0 cm³/mol. The topological polar surface area (TPSA) is 79.2 Å². The van der Waals surface area contributed by atoms with E-state index in [0.29, 0.717) is 26.1 Å². The lowest BCUT2D eigenvalue weighted by atomic mass is 10.2. The summed E-state index contributed by atoms with van der Waals surface area (Å²) in [6.45, 7) is 4.66. The predicted octanol–water partition coefficient (Wildman–Crippen LogP) is 2.46. The number of aliphatic carboxylic acids is 1. The molecule has 0 saturated heterocycles. The van der Waals surface area contributed by atoms with Gasteiger partial charge in [-0.25, -0.2) is 0 Å². The molecule has 1 aromatic rings. The number of nitrogens with zero attached hydrogens (tertiary/aromatic N) is 2. The molecule has 0 aliphatic carbocycles. The van der Waals surface area contributed by atoms with E-state index in [-0.39, 0.29) is 18.7 Å². The van der Waals surface area contributed by atoms with E-state index in [4.69, 9.17) is 9.94 Å². The number of benzene rings is 1. The van der Waals surface area contributed by atoms with Crippen LogP contribution < -0.4 is 0 Å². The fraction of sp³-hybridized carbons (Fsp3) is 0.353. The van der Waals surface area contributed by atoms with Gasteiger partial charge in [-0.2, -0.15) is 0 Å². The van der Waals surface area contributed by atoms with Gasteiger partial charge in [-0.3, -0.25) is 9.59 Å². The molecule has 1 rings (SSSR count). The average molecular weight is 318 g/mol. The average Bonchev–Trinajstić information content (AvgIpc) is 2.54. The van der Waals surface area contributed by atoms with Crippen LogP contribution in [0.15, 0.2) is 48.1 Å². The molecule has 1 N–H and O–H groups in total. The Morgan fingerprint density at radius 1 is 1.22 bits per heavy atom. The SMILES string of the molecule is C=CCN(C/C=N/OCc1ccccc1)C(=O)CCCC(=O)O. The van der Waals surface area contributed by atoms with Crippen LogP contribution in [0.4, 0.5) is 0 Å². The number of carboxylic acids is 1. The molecule has 23 heavy (non-hydrogen) atoms. The van der Waals surface area contributed by atoms with Crippen LogP contribution in [0.2, 0.25) is 0 Å². The summed E-state index contributed by atoms with van der Waals surface area (Å²) in [7, 11) is 0. The van der Waals surface area contributed by atoms with Crippen LogP contribution in [0.1, 0.15) is 24.8 Å². The molecule has 0 aliphatic rings. The van der Waals surface area contributed by atoms with E-state index < -0.39 is 5.97 Å². The minimum Gasteiger partial charge on any atom is -0.481 e. The fourth-order valence-electron chi connectivity index (χ4n) is 1.85. The third kappa shape index (κ3) is 8.40. The summed E-state index contributed by atoms with van der Waals surface area (Å²) in [6, 6.07) is 9.64. The molecule has 0 aliphatic heterocycles. The number of rotatable bonds is 11. The molecule has 0 unspecified atom stereocenters. The Kier molecular flexibility index (Phi) is 8.81. The summed E-state index contributed by atoms with van der Waals surface area (Å²) in [4.78, 5) is 29.2. The Morgan fingerprint density at radius 2 is 1.96 bits per heavy atom. The van der Waals surface area contributed by atoms with Gasteiger partial charge in [0.2, 0.25) is 5.91 Å². The van der Waals surface area contributed by atoms with Gasteiger partial charge in [-0.15, -0.1) is 6.58 Å². The quantitative estimate of drug-likeness (QED) is 0.386. The van der Waals surface area contributed by atoms with Gasteiger partial charge >= 0.3 is 5.97 Å². The second kappa shape index (κ2) is 11.0. The van der Waals surface area contributed by atoms with Crippen LogP contribution in [0.25, 0.3) is 0 Å². The van der Waals surface area contributed by atoms with Gasteiger partial charge in [-0.05, 0) is 12.0 Å². The maximum absolute atomic E-state index is 12.0. The highest BCUT2D eigenvalue weighted by atomic mass is 16.6. The first kappa shape index (κ1) is 18.4. The van der Waals surface area contributed by atoms with Crippen molar-refractivity contribution in [3.8, 4) is 0 Å². The van der Waals surface area contributed by atoms with Gasteiger partial charge in [0, 0.05) is 19.4 Å². The van der Waals surface area contributed by atoms with Crippen molar-refractivity contribution in [3.63, 3.8) is 0 Å². The summed E-state index contributed by atoms with van der Waals surface area (Å²) in [5, 5.41) is 12.4. The van der Waals surface area contributed by atoms with Gasteiger partial charge < -0.3 is 14.8 Å². The minimum atomic E-state index is -0.899. The summed E-state index contributed by atoms with van der Waals surface area (Å²) in [5.41, 5.74) is 1.01. The van der Waals surface area contributed by atoms with Gasteiger partial charge in [-0.1, -0.05) is 41.6 Å². The highest BCUT2D eigenvalue weighted by Crippen LogP contribution is 2.02. The Bertz CT molecular complexity index is 529. The van der Waals surface area contributed by atoms with Crippen molar-refractivity contribution >= 4 is 18.1 Å². The summed E-state index contributed by atoms with van der Waals surface area (Å²) < 4.78 is 0. The molecule has 124 valence electrons. The number of carboxylic acid groups (broad SMARTS) is 1. The second-order valence-corrected chi connectivity index (χ2v) is 4.88. The molecule has 1 aromatic carbocycles. The van der Waals surface area contributed by atoms with E-state index in [0.717, 1.165) is 5.56 Å². The molecule has 0 atom stereocenters. The molecule has 0 aromatic heterocycles. The number of hydrogen-bond donors (Lipinski definition) is 1. The molecular formula is C17H22N2O4. The van der Waals surface area contributed by atoms with E-state index in [2.05, 4.69) is 11.7 Å². The Hall–Kier alpha value is -2.63. The number of hydrogen-bond acceptors (Lipinski definition) is 4. The maximum atomic E-state index is 12.0. The van der Waals surface area contributed by atoms with Crippen molar-refractivity contribution in [1.29, 1.82) is 0 Å². The first-order valence-electron chi connectivity index (χ1n) is 7.41. The molecule has 1 amide bonds. The Morgan fingerprint density at radius 3 is 2.61 bits per heavy atom. The molecule has 0 radical (unpaired) electrons. The fourth-order valence-corrected chi connectivity index (χ4v) is 1.85. The van der Waals surface area contributed by atoms with Crippen molar-refractivity contribution in [3.05, 3.63) is 48.6 Å². The Balaban J connectivity index is 2.33. The summed E-state index contributed by atoms with van der Waals surface area (Å²) in [5.74, 6) is -1.02. The van der Waals surface area contributed by atoms with Gasteiger partial charge in [0.1, 0.15) is 6.61 Å². The smallest absolute Gasteiger partial charge is 0.303 e. The first-order valence-corrected chi connectivity index (χ1v) is 7.41. The second-order valence-electron chi connectivity index (χ2n) is 4.88. The molecule has 0 bridgehead atoms. The molecule has 0 fully saturated rings. The minimum absolute atomic E-state index is 0.0120. The zero-order valence-electron chi connectivity index (χ0n) is 13.1. The van der Waals surface area contributed by atoms with Crippen LogP contribution in [0.5, 0.6) is 0 Å². The van der Waals surface area contributed by atoms with Crippen LogP contribution in [-0.4, -0.2) is 41.2 Å². The van der Waals surface area contributed by atoms with Gasteiger partial charge in [0.05, 0.1) is 12.8 Å². The zero-order valence-corrected chi connectivity index (χ0v) is 13.1. The maximum Gasteiger partial charge on any atom is 0.303 e. The van der Waals surface area contributed by atoms with Crippen LogP contribution >= 0.6 is 0 Å². The number of oxime groups is 1. The van der Waals surface area contributed by atoms with Crippen LogP contribution in [0.3, 0.4) is 0 Å². The summed E-state index contributed by atoms with van der Waals surface area (Å²) >= 11 is 0. The lowest BCUT2D eigenvalue weighted by Gasteiger charge is -2.18. The highest BCUT2D eigenvalue weighted by Gasteiger charge is 2.11. The molecule has 6 heteroatoms. The summed E-state index contributed by atoms with van der Waals surface area (Å²) in [6.07, 6.45) is 3.64. The van der Waals surface area contributed by atoms with E-state index >= 15 is 0 Å². The number of carbonyl (C=O) groups excluding carboxylic acids is 1. The largest absolute Gasteiger partial charge is 0.481 e. The van der Waals surface area contributed by atoms with Crippen molar-refractivity contribution in [2.24, 2.45) is 5.16 Å². The normalized spacial score (nSPS) is 10.4. The van der Waals surface area contributed by atoms with Crippen molar-refractivity contribution in [1.82, 2.24) is 4.90 Å². The van der Waals surface area contributed by atoms with Crippen molar-refractivity contribution < 1.29 is 19.5 Å². The molecule has 0 spiro atoms. The molecule has 6 nitrogen and oxygen atoms in total. The van der Waals surface area contributed by atoms with E-state index in [1.807, 2.05) is 30.3 Å². The van der Waals surface area contributed by atoms with Crippen molar-refractivity contribution in [2.45, 2.75) is 25.9 Å². The highest BCUT2D eigenvalue weighted by molar-refractivity contribution is 5.79. The van der Waals surface area contributed by atoms with E-state index in [1.54, 1.807) is 11.0 Å². The lowest BCUT2D eigenvalue weighted by molar-refractivity contribution is -0.137. The molecule has 0 heterocycles. The van der Waals surface area contributed by atoms with E-state index in [1.165, 1.54) is 6.21 Å². The van der Waals surface area contributed by atoms with Gasteiger partial charge in [0.25, 0.3) is 0 Å². The zero-order chi connectivity index (χ0) is 16.9.